The molecule has 0 amide bonds. The van der Waals surface area contributed by atoms with Crippen molar-refractivity contribution in [1.82, 2.24) is 0 Å². The third-order valence-electron chi connectivity index (χ3n) is 4.21. The summed E-state index contributed by atoms with van der Waals surface area (Å²) < 4.78 is 0. The summed E-state index contributed by atoms with van der Waals surface area (Å²) in [4.78, 5) is 0. The number of rotatable bonds is 1. The first-order valence-electron chi connectivity index (χ1n) is 6.19. The van der Waals surface area contributed by atoms with E-state index in [9.17, 15) is 5.11 Å². The van der Waals surface area contributed by atoms with Gasteiger partial charge in [-0.05, 0) is 67.7 Å². The van der Waals surface area contributed by atoms with Crippen molar-refractivity contribution in [2.45, 2.75) is 58.5 Å². The molecular formula is C15H22O. The lowest BCUT2D eigenvalue weighted by atomic mass is 9.77. The van der Waals surface area contributed by atoms with Crippen LogP contribution in [-0.4, -0.2) is 11.2 Å². The molecule has 0 aromatic heterocycles. The lowest BCUT2D eigenvalue weighted by Gasteiger charge is -2.27. The molecule has 16 heavy (non-hydrogen) atoms. The summed E-state index contributed by atoms with van der Waals surface area (Å²) in [6.45, 7) is 8.82. The maximum Gasteiger partial charge on any atom is 0.0549 e. The van der Waals surface area contributed by atoms with Crippen molar-refractivity contribution in [3.05, 3.63) is 34.4 Å². The average Bonchev–Trinajstić information content (AvgIpc) is 2.53. The normalized spacial score (nSPS) is 29.7. The Bertz CT molecular complexity index is 408. The smallest absolute Gasteiger partial charge is 0.0549 e. The Balaban J connectivity index is 2.44. The Morgan fingerprint density at radius 1 is 1.12 bits per heavy atom. The summed E-state index contributed by atoms with van der Waals surface area (Å²) in [5.41, 5.74) is 5.72. The van der Waals surface area contributed by atoms with E-state index >= 15 is 0 Å². The third-order valence-corrected chi connectivity index (χ3v) is 4.21. The molecule has 0 radical (unpaired) electrons. The van der Waals surface area contributed by atoms with Crippen molar-refractivity contribution in [3.63, 3.8) is 0 Å². The highest BCUT2D eigenvalue weighted by Crippen LogP contribution is 2.42. The van der Waals surface area contributed by atoms with E-state index in [4.69, 9.17) is 0 Å². The lowest BCUT2D eigenvalue weighted by molar-refractivity contribution is 0.175. The van der Waals surface area contributed by atoms with E-state index in [2.05, 4.69) is 39.8 Å². The molecule has 0 aliphatic heterocycles. The van der Waals surface area contributed by atoms with E-state index in [-0.39, 0.29) is 11.5 Å². The molecule has 1 aromatic rings. The van der Waals surface area contributed by atoms with Crippen molar-refractivity contribution in [1.29, 1.82) is 0 Å². The Morgan fingerprint density at radius 2 is 1.75 bits per heavy atom. The predicted octanol–water partition coefficient (Wildman–Crippen LogP) is 3.41. The molecule has 1 heteroatoms. The van der Waals surface area contributed by atoms with Crippen LogP contribution in [0.5, 0.6) is 0 Å². The summed E-state index contributed by atoms with van der Waals surface area (Å²) in [6, 6.07) is 4.60. The lowest BCUT2D eigenvalue weighted by Crippen LogP contribution is -2.20. The molecule has 0 heterocycles. The summed E-state index contributed by atoms with van der Waals surface area (Å²) >= 11 is 0. The van der Waals surface area contributed by atoms with Crippen LogP contribution in [0.2, 0.25) is 0 Å². The molecule has 2 atom stereocenters. The van der Waals surface area contributed by atoms with Crippen molar-refractivity contribution < 1.29 is 5.11 Å². The van der Waals surface area contributed by atoms with Crippen LogP contribution in [0.3, 0.4) is 0 Å². The minimum atomic E-state index is -0.106. The topological polar surface area (TPSA) is 20.2 Å². The first kappa shape index (κ1) is 11.7. The molecule has 1 aliphatic carbocycles. The van der Waals surface area contributed by atoms with Crippen LogP contribution in [0.4, 0.5) is 0 Å². The second-order valence-electron chi connectivity index (χ2n) is 5.71. The summed E-state index contributed by atoms with van der Waals surface area (Å²) in [6.07, 6.45) is 2.86. The summed E-state index contributed by atoms with van der Waals surface area (Å²) in [5, 5.41) is 9.74. The van der Waals surface area contributed by atoms with Gasteiger partial charge in [0.15, 0.2) is 0 Å². The van der Waals surface area contributed by atoms with E-state index in [1.54, 1.807) is 0 Å². The Labute approximate surface area is 98.5 Å². The number of hydrogen-bond acceptors (Lipinski definition) is 1. The fraction of sp³-hybridized carbons (Fsp3) is 0.600. The molecule has 0 bridgehead atoms. The van der Waals surface area contributed by atoms with Gasteiger partial charge in [0.1, 0.15) is 0 Å². The number of aryl methyl sites for hydroxylation is 3. The second-order valence-corrected chi connectivity index (χ2v) is 5.71. The van der Waals surface area contributed by atoms with Crippen LogP contribution in [0.25, 0.3) is 0 Å². The standard InChI is InChI=1S/C15H22O/c1-10-7-12(3)14(8-11(10)2)15(4)6-5-13(16)9-15/h7-8,13,16H,5-6,9H2,1-4H3. The van der Waals surface area contributed by atoms with E-state index in [0.717, 1.165) is 19.3 Å². The minimum Gasteiger partial charge on any atom is -0.393 e. The van der Waals surface area contributed by atoms with Gasteiger partial charge in [0, 0.05) is 0 Å². The molecule has 1 fully saturated rings. The first-order valence-corrected chi connectivity index (χ1v) is 6.19. The third kappa shape index (κ3) is 1.89. The SMILES string of the molecule is Cc1cc(C)c(C2(C)CCC(O)C2)cc1C. The van der Waals surface area contributed by atoms with Gasteiger partial charge in [-0.1, -0.05) is 19.1 Å². The molecule has 1 N–H and O–H groups in total. The highest BCUT2D eigenvalue weighted by Gasteiger charge is 2.36. The van der Waals surface area contributed by atoms with Crippen molar-refractivity contribution >= 4 is 0 Å². The number of benzene rings is 1. The van der Waals surface area contributed by atoms with Crippen molar-refractivity contribution in [2.24, 2.45) is 0 Å². The van der Waals surface area contributed by atoms with E-state index in [1.807, 2.05) is 0 Å². The molecule has 1 aromatic carbocycles. The molecule has 88 valence electrons. The van der Waals surface area contributed by atoms with Crippen LogP contribution in [0.1, 0.15) is 48.4 Å². The summed E-state index contributed by atoms with van der Waals surface area (Å²) in [5.74, 6) is 0. The van der Waals surface area contributed by atoms with Crippen LogP contribution < -0.4 is 0 Å². The Kier molecular flexibility index (Phi) is 2.83. The monoisotopic (exact) mass is 218 g/mol. The minimum absolute atomic E-state index is 0.106. The van der Waals surface area contributed by atoms with Gasteiger partial charge >= 0.3 is 0 Å². The van der Waals surface area contributed by atoms with Gasteiger partial charge in [-0.2, -0.15) is 0 Å². The fourth-order valence-electron chi connectivity index (χ4n) is 3.06. The van der Waals surface area contributed by atoms with E-state index in [0.29, 0.717) is 0 Å². The first-order chi connectivity index (χ1) is 7.42. The van der Waals surface area contributed by atoms with E-state index < -0.39 is 0 Å². The van der Waals surface area contributed by atoms with Gasteiger partial charge in [0.25, 0.3) is 0 Å². The maximum atomic E-state index is 9.74. The van der Waals surface area contributed by atoms with Crippen LogP contribution in [-0.2, 0) is 5.41 Å². The fourth-order valence-corrected chi connectivity index (χ4v) is 3.06. The molecule has 0 spiro atoms. The van der Waals surface area contributed by atoms with Crippen molar-refractivity contribution in [3.8, 4) is 0 Å². The van der Waals surface area contributed by atoms with Gasteiger partial charge in [-0.3, -0.25) is 0 Å². The van der Waals surface area contributed by atoms with E-state index in [1.165, 1.54) is 22.3 Å². The van der Waals surface area contributed by atoms with Gasteiger partial charge in [0.2, 0.25) is 0 Å². The quantitative estimate of drug-likeness (QED) is 0.766. The number of aliphatic hydroxyl groups excluding tert-OH is 1. The molecule has 1 saturated carbocycles. The van der Waals surface area contributed by atoms with Gasteiger partial charge in [0.05, 0.1) is 6.10 Å². The molecule has 0 saturated heterocycles. The molecule has 1 aliphatic rings. The second kappa shape index (κ2) is 3.89. The highest BCUT2D eigenvalue weighted by molar-refractivity contribution is 5.41. The van der Waals surface area contributed by atoms with Gasteiger partial charge < -0.3 is 5.11 Å². The molecule has 1 nitrogen and oxygen atoms in total. The number of hydrogen-bond donors (Lipinski definition) is 1. The predicted molar refractivity (Wildman–Crippen MR) is 67.9 cm³/mol. The number of aliphatic hydroxyl groups is 1. The average molecular weight is 218 g/mol. The molecule has 2 unspecified atom stereocenters. The highest BCUT2D eigenvalue weighted by atomic mass is 16.3. The zero-order valence-electron chi connectivity index (χ0n) is 10.8. The Hall–Kier alpha value is -0.820. The van der Waals surface area contributed by atoms with Crippen LogP contribution in [0.15, 0.2) is 12.1 Å². The van der Waals surface area contributed by atoms with Gasteiger partial charge in [-0.25, -0.2) is 0 Å². The zero-order valence-corrected chi connectivity index (χ0v) is 10.8. The van der Waals surface area contributed by atoms with Crippen LogP contribution in [0, 0.1) is 20.8 Å². The molecular weight excluding hydrogens is 196 g/mol. The Morgan fingerprint density at radius 3 is 2.31 bits per heavy atom. The molecule has 2 rings (SSSR count). The van der Waals surface area contributed by atoms with Gasteiger partial charge in [-0.15, -0.1) is 0 Å². The maximum absolute atomic E-state index is 9.74. The van der Waals surface area contributed by atoms with Crippen molar-refractivity contribution in [2.75, 3.05) is 0 Å². The summed E-state index contributed by atoms with van der Waals surface area (Å²) in [7, 11) is 0. The zero-order chi connectivity index (χ0) is 11.9. The largest absolute Gasteiger partial charge is 0.393 e. The van der Waals surface area contributed by atoms with Crippen LogP contribution >= 0.6 is 0 Å².